The van der Waals surface area contributed by atoms with Gasteiger partial charge in [0, 0.05) is 38.4 Å². The Morgan fingerprint density at radius 3 is 2.50 bits per heavy atom. The van der Waals surface area contributed by atoms with E-state index >= 15 is 0 Å². The molecule has 24 heavy (non-hydrogen) atoms. The zero-order valence-corrected chi connectivity index (χ0v) is 14.9. The van der Waals surface area contributed by atoms with Gasteiger partial charge >= 0.3 is 0 Å². The quantitative estimate of drug-likeness (QED) is 0.920. The molecule has 2 fully saturated rings. The number of hydrogen-bond acceptors (Lipinski definition) is 4. The van der Waals surface area contributed by atoms with Crippen molar-refractivity contribution in [3.05, 3.63) is 24.4 Å². The van der Waals surface area contributed by atoms with Crippen LogP contribution in [0.5, 0.6) is 0 Å². The molecule has 0 bridgehead atoms. The molecule has 132 valence electrons. The Morgan fingerprint density at radius 2 is 1.88 bits per heavy atom. The number of carbonyl (C=O) groups excluding carboxylic acids is 1. The molecule has 2 aliphatic rings. The molecule has 5 nitrogen and oxygen atoms in total. The summed E-state index contributed by atoms with van der Waals surface area (Å²) in [6.07, 6.45) is 6.58. The number of rotatable bonds is 4. The summed E-state index contributed by atoms with van der Waals surface area (Å²) in [5.74, 6) is 2.04. The van der Waals surface area contributed by atoms with Crippen LogP contribution in [0.3, 0.4) is 0 Å². The number of piperazine rings is 1. The number of pyridine rings is 1. The van der Waals surface area contributed by atoms with Gasteiger partial charge in [0.2, 0.25) is 5.91 Å². The highest BCUT2D eigenvalue weighted by atomic mass is 16.2. The standard InChI is InChI=1S/C19H30N4O/c1-15-6-8-17(9-7-15)21-19(24)16(2)22-11-13-23(14-12-22)18-5-3-4-10-20-18/h3-5,10,15-17H,6-9,11-14H2,1-2H3,(H,21,24). The van der Waals surface area contributed by atoms with Crippen LogP contribution < -0.4 is 10.2 Å². The SMILES string of the molecule is CC1CCC(NC(=O)C(C)N2CCN(c3ccccn3)CC2)CC1. The Balaban J connectivity index is 1.46. The smallest absolute Gasteiger partial charge is 0.237 e. The number of nitrogens with one attached hydrogen (secondary N) is 1. The fraction of sp³-hybridized carbons (Fsp3) is 0.684. The molecule has 1 N–H and O–H groups in total. The maximum atomic E-state index is 12.6. The van der Waals surface area contributed by atoms with E-state index in [1.54, 1.807) is 0 Å². The molecule has 3 rings (SSSR count). The summed E-state index contributed by atoms with van der Waals surface area (Å²) in [4.78, 5) is 21.6. The average molecular weight is 330 g/mol. The van der Waals surface area contributed by atoms with Gasteiger partial charge in [-0.05, 0) is 50.7 Å². The topological polar surface area (TPSA) is 48.5 Å². The lowest BCUT2D eigenvalue weighted by Crippen LogP contribution is -2.55. The van der Waals surface area contributed by atoms with Crippen molar-refractivity contribution in [3.63, 3.8) is 0 Å². The fourth-order valence-electron chi connectivity index (χ4n) is 3.77. The van der Waals surface area contributed by atoms with E-state index in [-0.39, 0.29) is 11.9 Å². The van der Waals surface area contributed by atoms with E-state index in [1.165, 1.54) is 12.8 Å². The van der Waals surface area contributed by atoms with Crippen LogP contribution in [0, 0.1) is 5.92 Å². The van der Waals surface area contributed by atoms with E-state index in [4.69, 9.17) is 0 Å². The fourth-order valence-corrected chi connectivity index (χ4v) is 3.77. The minimum Gasteiger partial charge on any atom is -0.354 e. The van der Waals surface area contributed by atoms with Crippen LogP contribution in [0.2, 0.25) is 0 Å². The molecule has 0 spiro atoms. The molecule has 1 aliphatic heterocycles. The van der Waals surface area contributed by atoms with Gasteiger partial charge in [-0.3, -0.25) is 9.69 Å². The highest BCUT2D eigenvalue weighted by Gasteiger charge is 2.28. The van der Waals surface area contributed by atoms with Crippen molar-refractivity contribution < 1.29 is 4.79 Å². The lowest BCUT2D eigenvalue weighted by Gasteiger charge is -2.38. The van der Waals surface area contributed by atoms with Gasteiger partial charge in [0.15, 0.2) is 0 Å². The summed E-state index contributed by atoms with van der Waals surface area (Å²) in [6.45, 7) is 8.02. The number of anilines is 1. The van der Waals surface area contributed by atoms with Gasteiger partial charge in [0.05, 0.1) is 6.04 Å². The number of aromatic nitrogens is 1. The molecule has 1 atom stereocenters. The molecule has 1 aliphatic carbocycles. The first-order chi connectivity index (χ1) is 11.6. The number of carbonyl (C=O) groups is 1. The first-order valence-corrected chi connectivity index (χ1v) is 9.34. The summed E-state index contributed by atoms with van der Waals surface area (Å²) in [7, 11) is 0. The van der Waals surface area contributed by atoms with Crippen LogP contribution >= 0.6 is 0 Å². The zero-order valence-electron chi connectivity index (χ0n) is 14.9. The number of nitrogens with zero attached hydrogens (tertiary/aromatic N) is 3. The third-order valence-electron chi connectivity index (χ3n) is 5.58. The Bertz CT molecular complexity index is 519. The highest BCUT2D eigenvalue weighted by Crippen LogP contribution is 2.23. The van der Waals surface area contributed by atoms with Crippen molar-refractivity contribution in [3.8, 4) is 0 Å². The van der Waals surface area contributed by atoms with Crippen LogP contribution in [-0.4, -0.2) is 54.1 Å². The molecule has 0 aromatic carbocycles. The average Bonchev–Trinajstić information content (AvgIpc) is 2.64. The van der Waals surface area contributed by atoms with Gasteiger partial charge in [-0.15, -0.1) is 0 Å². The van der Waals surface area contributed by atoms with E-state index in [1.807, 2.05) is 25.3 Å². The summed E-state index contributed by atoms with van der Waals surface area (Å²) < 4.78 is 0. The summed E-state index contributed by atoms with van der Waals surface area (Å²) in [5, 5.41) is 3.27. The monoisotopic (exact) mass is 330 g/mol. The van der Waals surface area contributed by atoms with Crippen molar-refractivity contribution >= 4 is 11.7 Å². The molecule has 1 saturated carbocycles. The maximum absolute atomic E-state index is 12.6. The molecule has 1 unspecified atom stereocenters. The van der Waals surface area contributed by atoms with Crippen LogP contribution in [0.15, 0.2) is 24.4 Å². The minimum absolute atomic E-state index is 0.0461. The predicted molar refractivity (Wildman–Crippen MR) is 97.0 cm³/mol. The molecular weight excluding hydrogens is 300 g/mol. The van der Waals surface area contributed by atoms with E-state index in [2.05, 4.69) is 33.1 Å². The van der Waals surface area contributed by atoms with Crippen molar-refractivity contribution in [2.45, 2.75) is 51.6 Å². The minimum atomic E-state index is -0.0461. The van der Waals surface area contributed by atoms with Crippen LogP contribution in [0.4, 0.5) is 5.82 Å². The van der Waals surface area contributed by atoms with Gasteiger partial charge in [0.25, 0.3) is 0 Å². The lowest BCUT2D eigenvalue weighted by molar-refractivity contribution is -0.127. The maximum Gasteiger partial charge on any atom is 0.237 e. The highest BCUT2D eigenvalue weighted by molar-refractivity contribution is 5.81. The normalized spacial score (nSPS) is 26.8. The van der Waals surface area contributed by atoms with Gasteiger partial charge in [-0.25, -0.2) is 4.98 Å². The molecular formula is C19H30N4O. The second-order valence-corrected chi connectivity index (χ2v) is 7.35. The van der Waals surface area contributed by atoms with Crippen LogP contribution in [0.1, 0.15) is 39.5 Å². The molecule has 2 heterocycles. The largest absolute Gasteiger partial charge is 0.354 e. The van der Waals surface area contributed by atoms with E-state index < -0.39 is 0 Å². The van der Waals surface area contributed by atoms with Gasteiger partial charge < -0.3 is 10.2 Å². The Kier molecular flexibility index (Phi) is 5.72. The van der Waals surface area contributed by atoms with E-state index in [0.29, 0.717) is 6.04 Å². The number of amides is 1. The molecule has 0 radical (unpaired) electrons. The second kappa shape index (κ2) is 7.97. The zero-order chi connectivity index (χ0) is 16.9. The summed E-state index contributed by atoms with van der Waals surface area (Å²) in [5.41, 5.74) is 0. The summed E-state index contributed by atoms with van der Waals surface area (Å²) >= 11 is 0. The summed E-state index contributed by atoms with van der Waals surface area (Å²) in [6, 6.07) is 6.35. The third kappa shape index (κ3) is 4.26. The van der Waals surface area contributed by atoms with Crippen molar-refractivity contribution in [2.24, 2.45) is 5.92 Å². The predicted octanol–water partition coefficient (Wildman–Crippen LogP) is 2.29. The van der Waals surface area contributed by atoms with Gasteiger partial charge in [0.1, 0.15) is 5.82 Å². The first kappa shape index (κ1) is 17.2. The lowest BCUT2D eigenvalue weighted by atomic mass is 9.87. The third-order valence-corrected chi connectivity index (χ3v) is 5.58. The molecule has 5 heteroatoms. The van der Waals surface area contributed by atoms with E-state index in [9.17, 15) is 4.79 Å². The first-order valence-electron chi connectivity index (χ1n) is 9.34. The van der Waals surface area contributed by atoms with Crippen molar-refractivity contribution in [1.82, 2.24) is 15.2 Å². The Hall–Kier alpha value is -1.62. The van der Waals surface area contributed by atoms with Gasteiger partial charge in [-0.1, -0.05) is 13.0 Å². The Labute approximate surface area is 145 Å². The Morgan fingerprint density at radius 1 is 1.17 bits per heavy atom. The van der Waals surface area contributed by atoms with E-state index in [0.717, 1.165) is 50.8 Å². The molecule has 1 saturated heterocycles. The van der Waals surface area contributed by atoms with Crippen LogP contribution in [-0.2, 0) is 4.79 Å². The number of hydrogen-bond donors (Lipinski definition) is 1. The molecule has 1 amide bonds. The van der Waals surface area contributed by atoms with Crippen molar-refractivity contribution in [2.75, 3.05) is 31.1 Å². The van der Waals surface area contributed by atoms with Crippen molar-refractivity contribution in [1.29, 1.82) is 0 Å². The molecule has 1 aromatic rings. The van der Waals surface area contributed by atoms with Crippen LogP contribution in [0.25, 0.3) is 0 Å². The molecule has 1 aromatic heterocycles. The second-order valence-electron chi connectivity index (χ2n) is 7.35. The van der Waals surface area contributed by atoms with Gasteiger partial charge in [-0.2, -0.15) is 0 Å².